The van der Waals surface area contributed by atoms with Gasteiger partial charge in [-0.05, 0) is 37.9 Å². The zero-order chi connectivity index (χ0) is 23.9. The van der Waals surface area contributed by atoms with E-state index in [4.69, 9.17) is 0 Å². The molecule has 0 radical (unpaired) electrons. The van der Waals surface area contributed by atoms with Crippen LogP contribution in [0.5, 0.6) is 0 Å². The fraction of sp³-hybridized carbons (Fsp3) is 0.435. The molecule has 2 fully saturated rings. The molecule has 0 spiro atoms. The molecule has 34 heavy (non-hydrogen) atoms. The van der Waals surface area contributed by atoms with Gasteiger partial charge in [-0.2, -0.15) is 13.2 Å². The van der Waals surface area contributed by atoms with Crippen LogP contribution in [0.3, 0.4) is 0 Å². The molecule has 0 unspecified atom stereocenters. The van der Waals surface area contributed by atoms with Crippen LogP contribution >= 0.6 is 0 Å². The van der Waals surface area contributed by atoms with Gasteiger partial charge in [-0.1, -0.05) is 6.07 Å². The summed E-state index contributed by atoms with van der Waals surface area (Å²) in [4.78, 5) is 25.5. The number of aromatic amines is 1. The highest BCUT2D eigenvalue weighted by Crippen LogP contribution is 2.39. The molecule has 2 atom stereocenters. The molecular weight excluding hydrogens is 449 g/mol. The van der Waals surface area contributed by atoms with Gasteiger partial charge in [-0.25, -0.2) is 9.97 Å². The van der Waals surface area contributed by atoms with Crippen molar-refractivity contribution >= 4 is 22.8 Å². The van der Waals surface area contributed by atoms with Gasteiger partial charge in [-0.15, -0.1) is 0 Å². The van der Waals surface area contributed by atoms with E-state index in [0.29, 0.717) is 36.0 Å². The van der Waals surface area contributed by atoms with Crippen LogP contribution in [-0.2, 0) is 6.18 Å². The number of carbonyl (C=O) groups excluding carboxylic acids is 1. The smallest absolute Gasteiger partial charge is 0.391 e. The molecule has 4 heterocycles. The molecule has 2 saturated heterocycles. The van der Waals surface area contributed by atoms with E-state index in [1.807, 2.05) is 0 Å². The molecule has 0 bridgehead atoms. The van der Waals surface area contributed by atoms with Crippen molar-refractivity contribution in [2.45, 2.75) is 37.6 Å². The van der Waals surface area contributed by atoms with Crippen molar-refractivity contribution in [3.8, 4) is 11.3 Å². The van der Waals surface area contributed by atoms with Gasteiger partial charge in [0.25, 0.3) is 5.91 Å². The number of amides is 1. The summed E-state index contributed by atoms with van der Waals surface area (Å²) in [6.45, 7) is 2.35. The van der Waals surface area contributed by atoms with E-state index in [1.165, 1.54) is 6.20 Å². The number of piperidine rings is 1. The molecule has 0 aliphatic carbocycles. The molecule has 0 saturated carbocycles. The van der Waals surface area contributed by atoms with E-state index in [1.54, 1.807) is 23.1 Å². The topological polar surface area (TPSA) is 106 Å². The van der Waals surface area contributed by atoms with Crippen molar-refractivity contribution < 1.29 is 23.1 Å². The average molecular weight is 474 g/mol. The Morgan fingerprint density at radius 2 is 2.12 bits per heavy atom. The van der Waals surface area contributed by atoms with Crippen LogP contribution in [0.25, 0.3) is 22.2 Å². The Morgan fingerprint density at radius 3 is 2.82 bits per heavy atom. The number of aromatic nitrogens is 3. The predicted molar refractivity (Wildman–Crippen MR) is 120 cm³/mol. The third-order valence-corrected chi connectivity index (χ3v) is 6.36. The molecule has 4 N–H and O–H groups in total. The number of benzene rings is 1. The summed E-state index contributed by atoms with van der Waals surface area (Å²) >= 11 is 0. The zero-order valence-electron chi connectivity index (χ0n) is 18.3. The summed E-state index contributed by atoms with van der Waals surface area (Å²) in [5, 5.41) is 16.6. The molecule has 8 nitrogen and oxygen atoms in total. The zero-order valence-corrected chi connectivity index (χ0v) is 18.3. The lowest BCUT2D eigenvalue weighted by molar-refractivity contribution is -0.137. The molecule has 180 valence electrons. The molecule has 3 aromatic rings. The molecule has 2 aliphatic heterocycles. The van der Waals surface area contributed by atoms with Gasteiger partial charge >= 0.3 is 6.18 Å². The van der Waals surface area contributed by atoms with Crippen molar-refractivity contribution in [3.63, 3.8) is 0 Å². The average Bonchev–Trinajstić information content (AvgIpc) is 3.44. The fourth-order valence-electron chi connectivity index (χ4n) is 4.59. The summed E-state index contributed by atoms with van der Waals surface area (Å²) in [5.74, 6) is -0.0781. The first-order valence-electron chi connectivity index (χ1n) is 11.3. The number of nitrogens with one attached hydrogen (secondary N) is 3. The van der Waals surface area contributed by atoms with Crippen molar-refractivity contribution in [3.05, 3.63) is 41.7 Å². The molecule has 1 aromatic carbocycles. The lowest BCUT2D eigenvalue weighted by Crippen LogP contribution is -2.38. The highest BCUT2D eigenvalue weighted by molar-refractivity contribution is 6.02. The van der Waals surface area contributed by atoms with Crippen molar-refractivity contribution in [2.75, 3.05) is 31.5 Å². The summed E-state index contributed by atoms with van der Waals surface area (Å²) in [7, 11) is 0. The third kappa shape index (κ3) is 4.45. The first-order valence-corrected chi connectivity index (χ1v) is 11.3. The molecule has 5 rings (SSSR count). The maximum Gasteiger partial charge on any atom is 0.419 e. The van der Waals surface area contributed by atoms with E-state index in [-0.39, 0.29) is 35.7 Å². The Bertz CT molecular complexity index is 1210. The normalized spacial score (nSPS) is 21.2. The minimum absolute atomic E-state index is 0.0407. The standard InChI is InChI=1S/C23H25F3N6O2/c24-23(25,26)18-11-29-22(30-14-2-1-6-27-9-14)31-20(18)17-10-28-19-8-13(3-4-16(17)19)21(34)32-7-5-15(33)12-32/h3-4,8,10-11,14-15,27-28,33H,1-2,5-7,9,12H2,(H,29,30,31)/t14-,15+/m0/s1. The van der Waals surface area contributed by atoms with Crippen LogP contribution in [0, 0.1) is 0 Å². The maximum absolute atomic E-state index is 13.8. The van der Waals surface area contributed by atoms with Crippen molar-refractivity contribution in [2.24, 2.45) is 0 Å². The molecular formula is C23H25F3N6O2. The van der Waals surface area contributed by atoms with Crippen molar-refractivity contribution in [1.29, 1.82) is 0 Å². The number of anilines is 1. The molecule has 2 aromatic heterocycles. The van der Waals surface area contributed by atoms with Gasteiger partial charge < -0.3 is 25.6 Å². The Balaban J connectivity index is 1.50. The minimum atomic E-state index is -4.63. The van der Waals surface area contributed by atoms with Gasteiger partial charge in [0.05, 0.1) is 11.8 Å². The maximum atomic E-state index is 13.8. The number of carbonyl (C=O) groups is 1. The first-order chi connectivity index (χ1) is 16.3. The quantitative estimate of drug-likeness (QED) is 0.463. The number of rotatable bonds is 4. The number of aliphatic hydroxyl groups is 1. The number of hydrogen-bond acceptors (Lipinski definition) is 6. The van der Waals surface area contributed by atoms with E-state index in [0.717, 1.165) is 25.6 Å². The number of fused-ring (bicyclic) bond motifs is 1. The number of aliphatic hydroxyl groups excluding tert-OH is 1. The number of nitrogens with zero attached hydrogens (tertiary/aromatic N) is 3. The molecule has 11 heteroatoms. The fourth-order valence-corrected chi connectivity index (χ4v) is 4.59. The second-order valence-electron chi connectivity index (χ2n) is 8.80. The van der Waals surface area contributed by atoms with Gasteiger partial charge in [0.1, 0.15) is 5.56 Å². The monoisotopic (exact) mass is 474 g/mol. The SMILES string of the molecule is O=C(c1ccc2c(-c3nc(N[C@H]4CCCNC4)ncc3C(F)(F)F)c[nH]c2c1)N1CC[C@@H](O)C1. The van der Waals surface area contributed by atoms with Crippen LogP contribution in [0.4, 0.5) is 19.1 Å². The van der Waals surface area contributed by atoms with E-state index in [2.05, 4.69) is 25.6 Å². The Morgan fingerprint density at radius 1 is 1.26 bits per heavy atom. The minimum Gasteiger partial charge on any atom is -0.391 e. The lowest BCUT2D eigenvalue weighted by atomic mass is 10.0. The number of H-pyrrole nitrogens is 1. The van der Waals surface area contributed by atoms with Crippen LogP contribution in [-0.4, -0.2) is 69.2 Å². The number of halogens is 3. The Labute approximate surface area is 193 Å². The summed E-state index contributed by atoms with van der Waals surface area (Å²) < 4.78 is 41.4. The van der Waals surface area contributed by atoms with Gasteiger partial charge in [0.15, 0.2) is 0 Å². The van der Waals surface area contributed by atoms with E-state index >= 15 is 0 Å². The molecule has 1 amide bonds. The van der Waals surface area contributed by atoms with Crippen LogP contribution in [0.15, 0.2) is 30.6 Å². The van der Waals surface area contributed by atoms with Gasteiger partial charge in [-0.3, -0.25) is 4.79 Å². The predicted octanol–water partition coefficient (Wildman–Crippen LogP) is 3.01. The van der Waals surface area contributed by atoms with Crippen LogP contribution in [0.1, 0.15) is 35.2 Å². The summed E-state index contributed by atoms with van der Waals surface area (Å²) in [6.07, 6.45) is -0.498. The summed E-state index contributed by atoms with van der Waals surface area (Å²) in [5.41, 5.74) is 0.0676. The number of hydrogen-bond donors (Lipinski definition) is 4. The molecule has 2 aliphatic rings. The lowest BCUT2D eigenvalue weighted by Gasteiger charge is -2.24. The van der Waals surface area contributed by atoms with Crippen molar-refractivity contribution in [1.82, 2.24) is 25.2 Å². The van der Waals surface area contributed by atoms with Gasteiger partial charge in [0, 0.05) is 60.1 Å². The number of likely N-dealkylation sites (tertiary alicyclic amines) is 1. The second kappa shape index (κ2) is 8.88. The van der Waals surface area contributed by atoms with Crippen LogP contribution in [0.2, 0.25) is 0 Å². The Kier molecular flexibility index (Phi) is 5.90. The third-order valence-electron chi connectivity index (χ3n) is 6.36. The van der Waals surface area contributed by atoms with Crippen LogP contribution < -0.4 is 10.6 Å². The van der Waals surface area contributed by atoms with E-state index in [9.17, 15) is 23.1 Å². The Hall–Kier alpha value is -3.18. The number of alkyl halides is 3. The largest absolute Gasteiger partial charge is 0.419 e. The highest BCUT2D eigenvalue weighted by atomic mass is 19.4. The van der Waals surface area contributed by atoms with E-state index < -0.39 is 17.8 Å². The highest BCUT2D eigenvalue weighted by Gasteiger charge is 2.36. The first kappa shape index (κ1) is 22.6. The summed E-state index contributed by atoms with van der Waals surface area (Å²) in [6, 6.07) is 4.88. The number of β-amino-alcohol motifs (C(OH)–C–C–N with tert-alkyl or cyclic N) is 1. The second-order valence-corrected chi connectivity index (χ2v) is 8.80. The van der Waals surface area contributed by atoms with Gasteiger partial charge in [0.2, 0.25) is 5.95 Å².